The predicted octanol–water partition coefficient (Wildman–Crippen LogP) is 1.20. The lowest BCUT2D eigenvalue weighted by molar-refractivity contribution is -0.128. The molecule has 1 fully saturated rings. The van der Waals surface area contributed by atoms with Gasteiger partial charge >= 0.3 is 0 Å². The van der Waals surface area contributed by atoms with Gasteiger partial charge in [0.05, 0.1) is 0 Å². The Labute approximate surface area is 87.1 Å². The molecule has 1 saturated heterocycles. The Bertz CT molecular complexity index is 215. The first-order chi connectivity index (χ1) is 6.49. The van der Waals surface area contributed by atoms with Crippen LogP contribution in [-0.2, 0) is 4.79 Å². The first-order valence-electron chi connectivity index (χ1n) is 5.39. The van der Waals surface area contributed by atoms with Gasteiger partial charge in [-0.15, -0.1) is 0 Å². The van der Waals surface area contributed by atoms with E-state index in [0.717, 1.165) is 32.5 Å². The Morgan fingerprint density at radius 2 is 2.14 bits per heavy atom. The predicted molar refractivity (Wildman–Crippen MR) is 58.1 cm³/mol. The summed E-state index contributed by atoms with van der Waals surface area (Å²) in [7, 11) is 4.21. The molecule has 1 unspecified atom stereocenters. The standard InChI is InChI=1S/C11H22N2O/c1-5-11(8-12(3)4)6-7-13(9-11)10(2)14/h5-9H2,1-4H3. The van der Waals surface area contributed by atoms with Gasteiger partial charge in [-0.25, -0.2) is 0 Å². The molecule has 0 aliphatic carbocycles. The summed E-state index contributed by atoms with van der Waals surface area (Å²) >= 11 is 0. The smallest absolute Gasteiger partial charge is 0.219 e. The molecule has 1 atom stereocenters. The van der Waals surface area contributed by atoms with Gasteiger partial charge in [0.1, 0.15) is 0 Å². The largest absolute Gasteiger partial charge is 0.342 e. The molecule has 3 heteroatoms. The molecule has 0 N–H and O–H groups in total. The molecule has 0 aromatic heterocycles. The number of hydrogen-bond donors (Lipinski definition) is 0. The third-order valence-corrected chi connectivity index (χ3v) is 3.29. The normalized spacial score (nSPS) is 27.4. The number of likely N-dealkylation sites (tertiary alicyclic amines) is 1. The molecule has 0 spiro atoms. The van der Waals surface area contributed by atoms with Gasteiger partial charge in [-0.1, -0.05) is 6.92 Å². The highest BCUT2D eigenvalue weighted by Gasteiger charge is 2.37. The van der Waals surface area contributed by atoms with Gasteiger partial charge in [0.2, 0.25) is 5.91 Å². The fourth-order valence-electron chi connectivity index (χ4n) is 2.40. The number of carbonyl (C=O) groups is 1. The second kappa shape index (κ2) is 4.30. The maximum absolute atomic E-state index is 11.2. The fraction of sp³-hybridized carbons (Fsp3) is 0.909. The van der Waals surface area contributed by atoms with Crippen LogP contribution in [0.1, 0.15) is 26.7 Å². The van der Waals surface area contributed by atoms with E-state index >= 15 is 0 Å². The van der Waals surface area contributed by atoms with Gasteiger partial charge in [-0.2, -0.15) is 0 Å². The highest BCUT2D eigenvalue weighted by molar-refractivity contribution is 5.73. The maximum Gasteiger partial charge on any atom is 0.219 e. The quantitative estimate of drug-likeness (QED) is 0.680. The summed E-state index contributed by atoms with van der Waals surface area (Å²) < 4.78 is 0. The van der Waals surface area contributed by atoms with Crippen molar-refractivity contribution in [1.29, 1.82) is 0 Å². The van der Waals surface area contributed by atoms with Gasteiger partial charge in [-0.3, -0.25) is 4.79 Å². The number of hydrogen-bond acceptors (Lipinski definition) is 2. The van der Waals surface area contributed by atoms with Crippen molar-refractivity contribution < 1.29 is 4.79 Å². The summed E-state index contributed by atoms with van der Waals surface area (Å²) in [6, 6.07) is 0. The third-order valence-electron chi connectivity index (χ3n) is 3.29. The molecule has 0 bridgehead atoms. The van der Waals surface area contributed by atoms with E-state index in [-0.39, 0.29) is 5.91 Å². The van der Waals surface area contributed by atoms with E-state index in [4.69, 9.17) is 0 Å². The number of rotatable bonds is 3. The summed E-state index contributed by atoms with van der Waals surface area (Å²) in [6.45, 7) is 6.87. The highest BCUT2D eigenvalue weighted by Crippen LogP contribution is 2.34. The maximum atomic E-state index is 11.2. The molecule has 1 rings (SSSR count). The summed E-state index contributed by atoms with van der Waals surface area (Å²) in [5, 5.41) is 0. The van der Waals surface area contributed by atoms with E-state index in [9.17, 15) is 4.79 Å². The van der Waals surface area contributed by atoms with Crippen molar-refractivity contribution in [3.63, 3.8) is 0 Å². The van der Waals surface area contributed by atoms with Crippen molar-refractivity contribution in [3.8, 4) is 0 Å². The molecule has 0 saturated carbocycles. The zero-order valence-corrected chi connectivity index (χ0v) is 9.84. The van der Waals surface area contributed by atoms with Crippen molar-refractivity contribution in [1.82, 2.24) is 9.80 Å². The average molecular weight is 198 g/mol. The third kappa shape index (κ3) is 2.47. The SMILES string of the molecule is CCC1(CN(C)C)CCN(C(C)=O)C1. The Hall–Kier alpha value is -0.570. The van der Waals surface area contributed by atoms with Crippen LogP contribution in [0.15, 0.2) is 0 Å². The van der Waals surface area contributed by atoms with Crippen LogP contribution in [0.5, 0.6) is 0 Å². The van der Waals surface area contributed by atoms with E-state index in [1.54, 1.807) is 6.92 Å². The van der Waals surface area contributed by atoms with Crippen LogP contribution in [0, 0.1) is 5.41 Å². The molecule has 14 heavy (non-hydrogen) atoms. The van der Waals surface area contributed by atoms with Crippen molar-refractivity contribution in [3.05, 3.63) is 0 Å². The second-order valence-corrected chi connectivity index (χ2v) is 4.78. The van der Waals surface area contributed by atoms with Gasteiger partial charge in [0.25, 0.3) is 0 Å². The summed E-state index contributed by atoms with van der Waals surface area (Å²) in [6.07, 6.45) is 2.32. The highest BCUT2D eigenvalue weighted by atomic mass is 16.2. The lowest BCUT2D eigenvalue weighted by Crippen LogP contribution is -2.37. The zero-order chi connectivity index (χ0) is 10.8. The number of nitrogens with zero attached hydrogens (tertiary/aromatic N) is 2. The Kier molecular flexibility index (Phi) is 3.53. The number of amides is 1. The minimum Gasteiger partial charge on any atom is -0.342 e. The molecule has 0 aromatic rings. The van der Waals surface area contributed by atoms with Crippen LogP contribution in [0.4, 0.5) is 0 Å². The zero-order valence-electron chi connectivity index (χ0n) is 9.84. The van der Waals surface area contributed by atoms with Crippen LogP contribution in [0.25, 0.3) is 0 Å². The minimum atomic E-state index is 0.221. The van der Waals surface area contributed by atoms with Crippen molar-refractivity contribution >= 4 is 5.91 Å². The van der Waals surface area contributed by atoms with Crippen LogP contribution in [-0.4, -0.2) is 49.4 Å². The van der Waals surface area contributed by atoms with E-state index in [2.05, 4.69) is 25.9 Å². The molecular weight excluding hydrogens is 176 g/mol. The molecule has 3 nitrogen and oxygen atoms in total. The van der Waals surface area contributed by atoms with Crippen LogP contribution < -0.4 is 0 Å². The first kappa shape index (κ1) is 11.5. The summed E-state index contributed by atoms with van der Waals surface area (Å²) in [5.74, 6) is 0.221. The monoisotopic (exact) mass is 198 g/mol. The van der Waals surface area contributed by atoms with Gasteiger partial charge in [0, 0.05) is 32.0 Å². The van der Waals surface area contributed by atoms with Gasteiger partial charge in [-0.05, 0) is 26.9 Å². The average Bonchev–Trinajstić information content (AvgIpc) is 2.49. The van der Waals surface area contributed by atoms with E-state index in [1.165, 1.54) is 0 Å². The molecule has 0 aromatic carbocycles. The molecule has 0 radical (unpaired) electrons. The van der Waals surface area contributed by atoms with Crippen LogP contribution >= 0.6 is 0 Å². The van der Waals surface area contributed by atoms with E-state index < -0.39 is 0 Å². The fourth-order valence-corrected chi connectivity index (χ4v) is 2.40. The Balaban J connectivity index is 2.61. The van der Waals surface area contributed by atoms with Crippen molar-refractivity contribution in [2.75, 3.05) is 33.7 Å². The number of carbonyl (C=O) groups excluding carboxylic acids is 1. The van der Waals surface area contributed by atoms with E-state index in [0.29, 0.717) is 5.41 Å². The minimum absolute atomic E-state index is 0.221. The van der Waals surface area contributed by atoms with Gasteiger partial charge in [0.15, 0.2) is 0 Å². The van der Waals surface area contributed by atoms with E-state index in [1.807, 2.05) is 4.90 Å². The summed E-state index contributed by atoms with van der Waals surface area (Å²) in [4.78, 5) is 15.5. The second-order valence-electron chi connectivity index (χ2n) is 4.78. The lowest BCUT2D eigenvalue weighted by Gasteiger charge is -2.30. The van der Waals surface area contributed by atoms with Crippen LogP contribution in [0.2, 0.25) is 0 Å². The Morgan fingerprint density at radius 3 is 2.50 bits per heavy atom. The molecule has 1 aliphatic rings. The Morgan fingerprint density at radius 1 is 1.50 bits per heavy atom. The summed E-state index contributed by atoms with van der Waals surface area (Å²) in [5.41, 5.74) is 0.342. The van der Waals surface area contributed by atoms with Crippen LogP contribution in [0.3, 0.4) is 0 Å². The molecule has 1 heterocycles. The van der Waals surface area contributed by atoms with Gasteiger partial charge < -0.3 is 9.80 Å². The molecule has 82 valence electrons. The van der Waals surface area contributed by atoms with Crippen molar-refractivity contribution in [2.24, 2.45) is 5.41 Å². The lowest BCUT2D eigenvalue weighted by atomic mass is 9.84. The molecule has 1 amide bonds. The van der Waals surface area contributed by atoms with Crippen molar-refractivity contribution in [2.45, 2.75) is 26.7 Å². The molecule has 1 aliphatic heterocycles. The first-order valence-corrected chi connectivity index (χ1v) is 5.39. The molecular formula is C11H22N2O. The topological polar surface area (TPSA) is 23.6 Å².